The summed E-state index contributed by atoms with van der Waals surface area (Å²) in [6, 6.07) is 11.3. The van der Waals surface area contributed by atoms with Crippen LogP contribution < -0.4 is 4.90 Å². The first-order valence-electron chi connectivity index (χ1n) is 7.69. The molecule has 0 aliphatic carbocycles. The number of hydrogen-bond acceptors (Lipinski definition) is 4. The summed E-state index contributed by atoms with van der Waals surface area (Å²) in [6.07, 6.45) is 1.91. The molecule has 1 amide bonds. The smallest absolute Gasteiger partial charge is 0.234 e. The summed E-state index contributed by atoms with van der Waals surface area (Å²) >= 11 is 11.1. The fourth-order valence-corrected chi connectivity index (χ4v) is 3.77. The number of carbonyl (C=O) groups is 1. The summed E-state index contributed by atoms with van der Waals surface area (Å²) in [6.45, 7) is 2.48. The van der Waals surface area contributed by atoms with Gasteiger partial charge in [0.2, 0.25) is 5.91 Å². The molecule has 0 radical (unpaired) electrons. The molecule has 2 aromatic heterocycles. The number of nitrogens with zero attached hydrogens (tertiary/aromatic N) is 3. The minimum absolute atomic E-state index is 0.0340. The zero-order valence-corrected chi connectivity index (χ0v) is 16.6. The predicted molar refractivity (Wildman–Crippen MR) is 106 cm³/mol. The zero-order chi connectivity index (χ0) is 17.8. The van der Waals surface area contributed by atoms with E-state index >= 15 is 0 Å². The molecule has 0 saturated heterocycles. The van der Waals surface area contributed by atoms with Gasteiger partial charge in [-0.25, -0.2) is 9.97 Å². The van der Waals surface area contributed by atoms with Gasteiger partial charge in [-0.3, -0.25) is 9.69 Å². The van der Waals surface area contributed by atoms with Gasteiger partial charge in [-0.1, -0.05) is 29.8 Å². The van der Waals surface area contributed by atoms with E-state index in [1.165, 1.54) is 11.3 Å². The van der Waals surface area contributed by atoms with Gasteiger partial charge >= 0.3 is 0 Å². The van der Waals surface area contributed by atoms with Crippen LogP contribution in [-0.4, -0.2) is 22.4 Å². The van der Waals surface area contributed by atoms with Crippen LogP contribution in [0.15, 0.2) is 52.4 Å². The largest absolute Gasteiger partial charge is 0.297 e. The molecular weight excluding hydrogens is 422 g/mol. The van der Waals surface area contributed by atoms with Crippen molar-refractivity contribution in [2.45, 2.75) is 13.3 Å². The Labute approximate surface area is 163 Å². The fourth-order valence-electron chi connectivity index (χ4n) is 2.39. The molecule has 0 aliphatic rings. The molecule has 0 atom stereocenters. The Hall–Kier alpha value is -1.76. The van der Waals surface area contributed by atoms with E-state index in [1.807, 2.05) is 48.7 Å². The van der Waals surface area contributed by atoms with E-state index in [0.717, 1.165) is 20.7 Å². The van der Waals surface area contributed by atoms with Gasteiger partial charge in [-0.15, -0.1) is 11.3 Å². The first-order valence-corrected chi connectivity index (χ1v) is 9.74. The van der Waals surface area contributed by atoms with Gasteiger partial charge in [0.15, 0.2) is 0 Å². The Morgan fingerprint density at radius 3 is 2.76 bits per heavy atom. The summed E-state index contributed by atoms with van der Waals surface area (Å²) in [4.78, 5) is 23.2. The summed E-state index contributed by atoms with van der Waals surface area (Å²) in [5.41, 5.74) is 1.62. The van der Waals surface area contributed by atoms with Crippen molar-refractivity contribution in [1.82, 2.24) is 9.97 Å². The van der Waals surface area contributed by atoms with Crippen LogP contribution in [0.5, 0.6) is 0 Å². The lowest BCUT2D eigenvalue weighted by Crippen LogP contribution is -2.32. The van der Waals surface area contributed by atoms with Gasteiger partial charge in [0.25, 0.3) is 0 Å². The number of halogens is 2. The number of pyridine rings is 1. The van der Waals surface area contributed by atoms with Crippen LogP contribution in [0, 0.1) is 0 Å². The zero-order valence-electron chi connectivity index (χ0n) is 13.4. The lowest BCUT2D eigenvalue weighted by Gasteiger charge is -2.19. The van der Waals surface area contributed by atoms with Crippen molar-refractivity contribution >= 4 is 50.6 Å². The molecule has 3 aromatic rings. The molecular formula is C18H15BrClN3OS. The molecule has 0 spiro atoms. The summed E-state index contributed by atoms with van der Waals surface area (Å²) in [5, 5.41) is 3.38. The normalized spacial score (nSPS) is 10.7. The standard InChI is InChI=1S/C18H15BrClN3OS/c1-2-23(16-8-7-12(19)10-21-16)17(24)9-13-11-25-18(22-13)14-5-3-4-6-15(14)20/h3-8,10-11H,2,9H2,1H3. The molecule has 4 nitrogen and oxygen atoms in total. The van der Waals surface area contributed by atoms with E-state index in [2.05, 4.69) is 25.9 Å². The van der Waals surface area contributed by atoms with E-state index in [4.69, 9.17) is 11.6 Å². The number of benzene rings is 1. The molecule has 2 heterocycles. The van der Waals surface area contributed by atoms with E-state index < -0.39 is 0 Å². The maximum Gasteiger partial charge on any atom is 0.234 e. The first kappa shape index (κ1) is 18.0. The second-order valence-corrected chi connectivity index (χ2v) is 7.45. The Bertz CT molecular complexity index is 882. The highest BCUT2D eigenvalue weighted by Crippen LogP contribution is 2.30. The van der Waals surface area contributed by atoms with Gasteiger partial charge in [-0.05, 0) is 41.1 Å². The van der Waals surface area contributed by atoms with Crippen molar-refractivity contribution in [1.29, 1.82) is 0 Å². The Morgan fingerprint density at radius 2 is 2.08 bits per heavy atom. The Balaban J connectivity index is 1.76. The molecule has 1 aromatic carbocycles. The minimum atomic E-state index is -0.0340. The number of anilines is 1. The van der Waals surface area contributed by atoms with Gasteiger partial charge in [-0.2, -0.15) is 0 Å². The number of hydrogen-bond donors (Lipinski definition) is 0. The third kappa shape index (κ3) is 4.26. The Morgan fingerprint density at radius 1 is 1.28 bits per heavy atom. The van der Waals surface area contributed by atoms with E-state index in [9.17, 15) is 4.79 Å². The van der Waals surface area contributed by atoms with Gasteiger partial charge in [0.05, 0.1) is 17.1 Å². The number of aromatic nitrogens is 2. The number of thiazole rings is 1. The topological polar surface area (TPSA) is 46.1 Å². The number of carbonyl (C=O) groups excluding carboxylic acids is 1. The van der Waals surface area contributed by atoms with Crippen molar-refractivity contribution in [3.05, 3.63) is 63.2 Å². The maximum atomic E-state index is 12.7. The summed E-state index contributed by atoms with van der Waals surface area (Å²) in [7, 11) is 0. The molecule has 0 bridgehead atoms. The van der Waals surface area contributed by atoms with Crippen molar-refractivity contribution in [2.75, 3.05) is 11.4 Å². The highest BCUT2D eigenvalue weighted by atomic mass is 79.9. The maximum absolute atomic E-state index is 12.7. The van der Waals surface area contributed by atoms with Gasteiger partial charge < -0.3 is 0 Å². The summed E-state index contributed by atoms with van der Waals surface area (Å²) in [5.74, 6) is 0.602. The SMILES string of the molecule is CCN(C(=O)Cc1csc(-c2ccccc2Cl)n1)c1ccc(Br)cn1. The van der Waals surface area contributed by atoms with Crippen molar-refractivity contribution in [2.24, 2.45) is 0 Å². The molecule has 7 heteroatoms. The van der Waals surface area contributed by atoms with Crippen molar-refractivity contribution in [3.63, 3.8) is 0 Å². The van der Waals surface area contributed by atoms with Crippen molar-refractivity contribution < 1.29 is 4.79 Å². The van der Waals surface area contributed by atoms with Crippen LogP contribution in [0.4, 0.5) is 5.82 Å². The highest BCUT2D eigenvalue weighted by molar-refractivity contribution is 9.10. The van der Waals surface area contributed by atoms with Crippen LogP contribution >= 0.6 is 38.9 Å². The van der Waals surface area contributed by atoms with Gasteiger partial charge in [0.1, 0.15) is 10.8 Å². The molecule has 25 heavy (non-hydrogen) atoms. The van der Waals surface area contributed by atoms with Crippen LogP contribution in [-0.2, 0) is 11.2 Å². The highest BCUT2D eigenvalue weighted by Gasteiger charge is 2.17. The van der Waals surface area contributed by atoms with Gasteiger partial charge in [0, 0.05) is 28.2 Å². The molecule has 0 saturated carbocycles. The minimum Gasteiger partial charge on any atom is -0.297 e. The van der Waals surface area contributed by atoms with Crippen LogP contribution in [0.2, 0.25) is 5.02 Å². The average molecular weight is 437 g/mol. The van der Waals surface area contributed by atoms with Crippen molar-refractivity contribution in [3.8, 4) is 10.6 Å². The molecule has 3 rings (SSSR count). The fraction of sp³-hybridized carbons (Fsp3) is 0.167. The van der Waals surface area contributed by atoms with E-state index in [0.29, 0.717) is 17.4 Å². The van der Waals surface area contributed by atoms with Crippen LogP contribution in [0.25, 0.3) is 10.6 Å². The van der Waals surface area contributed by atoms with Crippen LogP contribution in [0.1, 0.15) is 12.6 Å². The Kier molecular flexibility index (Phi) is 5.83. The molecule has 0 aliphatic heterocycles. The number of likely N-dealkylation sites (N-methyl/N-ethyl adjacent to an activating group) is 1. The predicted octanol–water partition coefficient (Wildman–Crippen LogP) is 5.22. The molecule has 128 valence electrons. The molecule has 0 unspecified atom stereocenters. The lowest BCUT2D eigenvalue weighted by molar-refractivity contribution is -0.118. The summed E-state index contributed by atoms with van der Waals surface area (Å²) < 4.78 is 0.878. The molecule has 0 fully saturated rings. The third-order valence-corrected chi connectivity index (χ3v) is 5.32. The van der Waals surface area contributed by atoms with Crippen LogP contribution in [0.3, 0.4) is 0 Å². The molecule has 0 N–H and O–H groups in total. The second kappa shape index (κ2) is 8.08. The monoisotopic (exact) mass is 435 g/mol. The first-order chi connectivity index (χ1) is 12.1. The third-order valence-electron chi connectivity index (χ3n) is 3.59. The quantitative estimate of drug-likeness (QED) is 0.551. The average Bonchev–Trinajstić information content (AvgIpc) is 3.06. The second-order valence-electron chi connectivity index (χ2n) is 5.27. The number of rotatable bonds is 5. The van der Waals surface area contributed by atoms with E-state index in [1.54, 1.807) is 11.1 Å². The van der Waals surface area contributed by atoms with E-state index in [-0.39, 0.29) is 12.3 Å². The number of amides is 1. The lowest BCUT2D eigenvalue weighted by atomic mass is 10.2.